The molecule has 8 heteroatoms. The van der Waals surface area contributed by atoms with Gasteiger partial charge in [-0.3, -0.25) is 10.1 Å². The van der Waals surface area contributed by atoms with Crippen molar-refractivity contribution in [1.29, 1.82) is 0 Å². The van der Waals surface area contributed by atoms with Gasteiger partial charge in [0.05, 0.1) is 0 Å². The molecular formula is C19H21ClN4O2S. The number of amides is 3. The predicted octanol–water partition coefficient (Wildman–Crippen LogP) is 5.06. The summed E-state index contributed by atoms with van der Waals surface area (Å²) in [6.07, 6.45) is 7.92. The number of allylic oxidation sites excluding steroid dienone is 1. The van der Waals surface area contributed by atoms with Gasteiger partial charge in [-0.05, 0) is 56.4 Å². The zero-order valence-corrected chi connectivity index (χ0v) is 16.3. The Hall–Kier alpha value is -2.38. The van der Waals surface area contributed by atoms with Crippen LogP contribution in [-0.4, -0.2) is 23.5 Å². The zero-order valence-electron chi connectivity index (χ0n) is 14.8. The summed E-state index contributed by atoms with van der Waals surface area (Å²) >= 11 is 7.02. The van der Waals surface area contributed by atoms with Gasteiger partial charge in [-0.2, -0.15) is 0 Å². The quantitative estimate of drug-likeness (QED) is 0.588. The highest BCUT2D eigenvalue weighted by Crippen LogP contribution is 2.20. The van der Waals surface area contributed by atoms with E-state index in [1.807, 2.05) is 0 Å². The SMILES string of the molecule is O=C(Nc1ccc(Cl)cc1)Nc1nc(C(=O)NCCC2=CCCCC2)cs1. The summed E-state index contributed by atoms with van der Waals surface area (Å²) in [5.41, 5.74) is 2.34. The lowest BCUT2D eigenvalue weighted by Gasteiger charge is -2.12. The Balaban J connectivity index is 1.45. The largest absolute Gasteiger partial charge is 0.350 e. The second-order valence-corrected chi connectivity index (χ2v) is 7.53. The van der Waals surface area contributed by atoms with E-state index in [2.05, 4.69) is 27.0 Å². The Morgan fingerprint density at radius 2 is 1.96 bits per heavy atom. The van der Waals surface area contributed by atoms with Crippen LogP contribution in [0.4, 0.5) is 15.6 Å². The summed E-state index contributed by atoms with van der Waals surface area (Å²) in [4.78, 5) is 28.3. The molecule has 142 valence electrons. The van der Waals surface area contributed by atoms with Crippen LogP contribution in [0.25, 0.3) is 0 Å². The molecule has 0 radical (unpaired) electrons. The van der Waals surface area contributed by atoms with Gasteiger partial charge in [-0.25, -0.2) is 9.78 Å². The van der Waals surface area contributed by atoms with E-state index in [-0.39, 0.29) is 5.91 Å². The minimum atomic E-state index is -0.428. The zero-order chi connectivity index (χ0) is 19.1. The molecule has 3 rings (SSSR count). The average Bonchev–Trinajstić information content (AvgIpc) is 3.13. The molecule has 0 fully saturated rings. The smallest absolute Gasteiger partial charge is 0.325 e. The van der Waals surface area contributed by atoms with Gasteiger partial charge in [-0.15, -0.1) is 11.3 Å². The van der Waals surface area contributed by atoms with Crippen molar-refractivity contribution in [3.63, 3.8) is 0 Å². The van der Waals surface area contributed by atoms with Gasteiger partial charge < -0.3 is 10.6 Å². The van der Waals surface area contributed by atoms with Gasteiger partial charge in [0.1, 0.15) is 5.69 Å². The van der Waals surface area contributed by atoms with Crippen molar-refractivity contribution in [2.24, 2.45) is 0 Å². The van der Waals surface area contributed by atoms with Crippen molar-refractivity contribution >= 4 is 45.7 Å². The molecule has 1 aliphatic carbocycles. The molecule has 2 aromatic rings. The monoisotopic (exact) mass is 404 g/mol. The molecular weight excluding hydrogens is 384 g/mol. The van der Waals surface area contributed by atoms with Crippen LogP contribution in [0.3, 0.4) is 0 Å². The summed E-state index contributed by atoms with van der Waals surface area (Å²) in [7, 11) is 0. The number of carbonyl (C=O) groups is 2. The molecule has 0 spiro atoms. The number of nitrogens with one attached hydrogen (secondary N) is 3. The van der Waals surface area contributed by atoms with E-state index < -0.39 is 6.03 Å². The molecule has 27 heavy (non-hydrogen) atoms. The first-order chi connectivity index (χ1) is 13.1. The number of thiazole rings is 1. The number of hydrogen-bond acceptors (Lipinski definition) is 4. The summed E-state index contributed by atoms with van der Waals surface area (Å²) in [5, 5.41) is 10.8. The fourth-order valence-corrected chi connectivity index (χ4v) is 3.60. The lowest BCUT2D eigenvalue weighted by Crippen LogP contribution is -2.25. The first kappa shape index (κ1) is 19.4. The summed E-state index contributed by atoms with van der Waals surface area (Å²) in [6, 6.07) is 6.34. The topological polar surface area (TPSA) is 83.1 Å². The van der Waals surface area contributed by atoms with Crippen molar-refractivity contribution in [2.75, 3.05) is 17.2 Å². The maximum Gasteiger partial charge on any atom is 0.325 e. The Kier molecular flexibility index (Phi) is 6.84. The molecule has 1 aliphatic rings. The predicted molar refractivity (Wildman–Crippen MR) is 110 cm³/mol. The van der Waals surface area contributed by atoms with E-state index in [0.717, 1.165) is 19.3 Å². The number of urea groups is 1. The van der Waals surface area contributed by atoms with Crippen LogP contribution in [-0.2, 0) is 0 Å². The highest BCUT2D eigenvalue weighted by molar-refractivity contribution is 7.14. The van der Waals surface area contributed by atoms with E-state index in [1.54, 1.807) is 29.6 Å². The molecule has 1 heterocycles. The van der Waals surface area contributed by atoms with Gasteiger partial charge >= 0.3 is 6.03 Å². The minimum absolute atomic E-state index is 0.228. The third kappa shape index (κ3) is 6.08. The van der Waals surface area contributed by atoms with Crippen LogP contribution in [0.2, 0.25) is 5.02 Å². The van der Waals surface area contributed by atoms with Crippen molar-refractivity contribution < 1.29 is 9.59 Å². The molecule has 3 N–H and O–H groups in total. The van der Waals surface area contributed by atoms with Crippen molar-refractivity contribution in [1.82, 2.24) is 10.3 Å². The highest BCUT2D eigenvalue weighted by Gasteiger charge is 2.13. The third-order valence-corrected chi connectivity index (χ3v) is 5.19. The number of hydrogen-bond donors (Lipinski definition) is 3. The molecule has 3 amide bonds. The molecule has 6 nitrogen and oxygen atoms in total. The number of anilines is 2. The van der Waals surface area contributed by atoms with Crippen LogP contribution in [0.5, 0.6) is 0 Å². The number of halogens is 1. The fraction of sp³-hybridized carbons (Fsp3) is 0.316. The molecule has 1 aromatic carbocycles. The Morgan fingerprint density at radius 1 is 1.15 bits per heavy atom. The van der Waals surface area contributed by atoms with E-state index in [0.29, 0.717) is 28.1 Å². The van der Waals surface area contributed by atoms with Crippen LogP contribution >= 0.6 is 22.9 Å². The Labute approximate surface area is 167 Å². The van der Waals surface area contributed by atoms with Gasteiger partial charge in [-0.1, -0.05) is 23.3 Å². The highest BCUT2D eigenvalue weighted by atomic mass is 35.5. The third-order valence-electron chi connectivity index (χ3n) is 4.18. The maximum absolute atomic E-state index is 12.2. The number of nitrogens with zero attached hydrogens (tertiary/aromatic N) is 1. The van der Waals surface area contributed by atoms with Crippen molar-refractivity contribution in [3.05, 3.63) is 52.0 Å². The molecule has 0 unspecified atom stereocenters. The van der Waals surface area contributed by atoms with Crippen LogP contribution < -0.4 is 16.0 Å². The lowest BCUT2D eigenvalue weighted by molar-refractivity contribution is 0.0950. The van der Waals surface area contributed by atoms with E-state index >= 15 is 0 Å². The average molecular weight is 405 g/mol. The fourth-order valence-electron chi connectivity index (χ4n) is 2.79. The molecule has 0 atom stereocenters. The molecule has 1 aromatic heterocycles. The van der Waals surface area contributed by atoms with Gasteiger partial charge in [0.15, 0.2) is 5.13 Å². The second-order valence-electron chi connectivity index (χ2n) is 6.24. The lowest BCUT2D eigenvalue weighted by atomic mass is 9.97. The van der Waals surface area contributed by atoms with E-state index in [4.69, 9.17) is 11.6 Å². The van der Waals surface area contributed by atoms with Gasteiger partial charge in [0.25, 0.3) is 5.91 Å². The molecule has 0 saturated carbocycles. The summed E-state index contributed by atoms with van der Waals surface area (Å²) in [6.45, 7) is 0.599. The van der Waals surface area contributed by atoms with Gasteiger partial charge in [0, 0.05) is 22.6 Å². The van der Waals surface area contributed by atoms with E-state index in [9.17, 15) is 9.59 Å². The number of rotatable bonds is 6. The minimum Gasteiger partial charge on any atom is -0.350 e. The first-order valence-electron chi connectivity index (χ1n) is 8.85. The van der Waals surface area contributed by atoms with E-state index in [1.165, 1.54) is 29.8 Å². The second kappa shape index (κ2) is 9.53. The van der Waals surface area contributed by atoms with Gasteiger partial charge in [0.2, 0.25) is 0 Å². The van der Waals surface area contributed by atoms with Crippen LogP contribution in [0.1, 0.15) is 42.6 Å². The standard InChI is InChI=1S/C19H21ClN4O2S/c20-14-6-8-15(9-7-14)22-18(26)24-19-23-16(12-27-19)17(25)21-11-10-13-4-2-1-3-5-13/h4,6-9,12H,1-3,5,10-11H2,(H,21,25)(H2,22,23,24,26). The number of aromatic nitrogens is 1. The summed E-state index contributed by atoms with van der Waals surface area (Å²) < 4.78 is 0. The number of benzene rings is 1. The molecule has 0 bridgehead atoms. The molecule has 0 saturated heterocycles. The number of carbonyl (C=O) groups excluding carboxylic acids is 2. The first-order valence-corrected chi connectivity index (χ1v) is 10.1. The Morgan fingerprint density at radius 3 is 2.70 bits per heavy atom. The van der Waals surface area contributed by atoms with Crippen molar-refractivity contribution in [2.45, 2.75) is 32.1 Å². The normalized spacial score (nSPS) is 13.6. The summed E-state index contributed by atoms with van der Waals surface area (Å²) in [5.74, 6) is -0.228. The molecule has 0 aliphatic heterocycles. The van der Waals surface area contributed by atoms with Crippen LogP contribution in [0, 0.1) is 0 Å². The van der Waals surface area contributed by atoms with Crippen LogP contribution in [0.15, 0.2) is 41.3 Å². The van der Waals surface area contributed by atoms with Crippen molar-refractivity contribution in [3.8, 4) is 0 Å². The Bertz CT molecular complexity index is 832. The maximum atomic E-state index is 12.2.